The van der Waals surface area contributed by atoms with Crippen molar-refractivity contribution in [3.05, 3.63) is 47.7 Å². The number of allylic oxidation sites excluding steroid dienone is 1. The first-order valence-corrected chi connectivity index (χ1v) is 7.93. The van der Waals surface area contributed by atoms with Gasteiger partial charge in [-0.25, -0.2) is 0 Å². The predicted octanol–water partition coefficient (Wildman–Crippen LogP) is 4.83. The molecule has 23 heavy (non-hydrogen) atoms. The molecule has 0 fully saturated rings. The summed E-state index contributed by atoms with van der Waals surface area (Å²) in [6.45, 7) is 8.18. The van der Waals surface area contributed by atoms with Crippen LogP contribution in [0, 0.1) is 0 Å². The van der Waals surface area contributed by atoms with Crippen molar-refractivity contribution in [2.45, 2.75) is 46.1 Å². The number of hydrogen-bond donors (Lipinski definition) is 0. The molecule has 2 rings (SSSR count). The molecule has 2 aromatic rings. The Bertz CT molecular complexity index is 654. The maximum atomic E-state index is 10.2. The quantitative estimate of drug-likeness (QED) is 0.759. The lowest BCUT2D eigenvalue weighted by molar-refractivity contribution is -0.107. The Hall–Kier alpha value is -2.00. The fourth-order valence-corrected chi connectivity index (χ4v) is 1.75. The zero-order valence-electron chi connectivity index (χ0n) is 14.8. The SMILES string of the molecule is CCc1cnc2ccc(/C=C/CC=O)cc2c1.COC(C)(C)C. The van der Waals surface area contributed by atoms with Crippen LogP contribution in [0.5, 0.6) is 0 Å². The lowest BCUT2D eigenvalue weighted by Gasteiger charge is -2.14. The van der Waals surface area contributed by atoms with Gasteiger partial charge >= 0.3 is 0 Å². The fraction of sp³-hybridized carbons (Fsp3) is 0.400. The summed E-state index contributed by atoms with van der Waals surface area (Å²) in [6.07, 6.45) is 8.11. The number of pyridine rings is 1. The summed E-state index contributed by atoms with van der Waals surface area (Å²) in [7, 11) is 1.71. The highest BCUT2D eigenvalue weighted by atomic mass is 16.5. The van der Waals surface area contributed by atoms with Crippen molar-refractivity contribution in [3.8, 4) is 0 Å². The smallest absolute Gasteiger partial charge is 0.123 e. The van der Waals surface area contributed by atoms with Gasteiger partial charge in [-0.3, -0.25) is 4.98 Å². The van der Waals surface area contributed by atoms with E-state index in [0.29, 0.717) is 6.42 Å². The van der Waals surface area contributed by atoms with Crippen LogP contribution in [0.2, 0.25) is 0 Å². The molecule has 3 heteroatoms. The topological polar surface area (TPSA) is 39.2 Å². The summed E-state index contributed by atoms with van der Waals surface area (Å²) in [5.74, 6) is 0. The van der Waals surface area contributed by atoms with Crippen molar-refractivity contribution in [2.24, 2.45) is 0 Å². The molecular weight excluding hydrogens is 286 g/mol. The van der Waals surface area contributed by atoms with E-state index in [0.717, 1.165) is 29.2 Å². The Morgan fingerprint density at radius 3 is 2.48 bits per heavy atom. The third-order valence-corrected chi connectivity index (χ3v) is 3.33. The van der Waals surface area contributed by atoms with Crippen LogP contribution in [0.25, 0.3) is 17.0 Å². The van der Waals surface area contributed by atoms with Crippen molar-refractivity contribution >= 4 is 23.3 Å². The summed E-state index contributed by atoms with van der Waals surface area (Å²) in [5.41, 5.74) is 3.40. The number of carbonyl (C=O) groups excluding carboxylic acids is 1. The molecular formula is C20H27NO2. The average molecular weight is 313 g/mol. The molecule has 0 radical (unpaired) electrons. The van der Waals surface area contributed by atoms with Gasteiger partial charge in [0.15, 0.2) is 0 Å². The number of aldehydes is 1. The minimum absolute atomic E-state index is 0.0417. The minimum Gasteiger partial charge on any atom is -0.379 e. The minimum atomic E-state index is 0.0417. The largest absolute Gasteiger partial charge is 0.379 e. The number of hydrogen-bond acceptors (Lipinski definition) is 3. The molecule has 124 valence electrons. The number of rotatable bonds is 4. The molecule has 0 aliphatic heterocycles. The van der Waals surface area contributed by atoms with Crippen LogP contribution in [0.3, 0.4) is 0 Å². The second-order valence-corrected chi connectivity index (χ2v) is 6.27. The maximum Gasteiger partial charge on any atom is 0.123 e. The van der Waals surface area contributed by atoms with E-state index in [-0.39, 0.29) is 5.60 Å². The summed E-state index contributed by atoms with van der Waals surface area (Å²) in [5, 5.41) is 1.15. The van der Waals surface area contributed by atoms with Gasteiger partial charge in [0.1, 0.15) is 6.29 Å². The summed E-state index contributed by atoms with van der Waals surface area (Å²) in [6, 6.07) is 8.29. The lowest BCUT2D eigenvalue weighted by Crippen LogP contribution is -2.15. The highest BCUT2D eigenvalue weighted by Gasteiger charge is 2.04. The van der Waals surface area contributed by atoms with Gasteiger partial charge < -0.3 is 9.53 Å². The van der Waals surface area contributed by atoms with Gasteiger partial charge in [-0.15, -0.1) is 0 Å². The second-order valence-electron chi connectivity index (χ2n) is 6.27. The van der Waals surface area contributed by atoms with Gasteiger partial charge in [0, 0.05) is 25.1 Å². The zero-order chi connectivity index (χ0) is 17.3. The molecule has 1 heterocycles. The molecule has 0 aliphatic rings. The van der Waals surface area contributed by atoms with Gasteiger partial charge in [0.2, 0.25) is 0 Å². The summed E-state index contributed by atoms with van der Waals surface area (Å²) in [4.78, 5) is 14.6. The lowest BCUT2D eigenvalue weighted by atomic mass is 10.1. The third-order valence-electron chi connectivity index (χ3n) is 3.33. The monoisotopic (exact) mass is 313 g/mol. The Labute approximate surface area is 139 Å². The van der Waals surface area contributed by atoms with Crippen LogP contribution in [-0.2, 0) is 16.0 Å². The number of benzene rings is 1. The highest BCUT2D eigenvalue weighted by Crippen LogP contribution is 2.16. The molecule has 0 aliphatic carbocycles. The number of aromatic nitrogens is 1. The van der Waals surface area contributed by atoms with Crippen LogP contribution in [0.4, 0.5) is 0 Å². The van der Waals surface area contributed by atoms with Crippen molar-refractivity contribution in [1.82, 2.24) is 4.98 Å². The van der Waals surface area contributed by atoms with Gasteiger partial charge in [0.05, 0.1) is 11.1 Å². The second kappa shape index (κ2) is 9.21. The maximum absolute atomic E-state index is 10.2. The van der Waals surface area contributed by atoms with Crippen LogP contribution in [0.1, 0.15) is 45.2 Å². The first-order chi connectivity index (χ1) is 10.9. The van der Waals surface area contributed by atoms with E-state index in [1.165, 1.54) is 5.56 Å². The number of fused-ring (bicyclic) bond motifs is 1. The third kappa shape index (κ3) is 7.20. The Morgan fingerprint density at radius 2 is 1.91 bits per heavy atom. The van der Waals surface area contributed by atoms with Crippen molar-refractivity contribution in [2.75, 3.05) is 7.11 Å². The van der Waals surface area contributed by atoms with Crippen molar-refractivity contribution in [3.63, 3.8) is 0 Å². The summed E-state index contributed by atoms with van der Waals surface area (Å²) >= 11 is 0. The molecule has 3 nitrogen and oxygen atoms in total. The van der Waals surface area contributed by atoms with Crippen molar-refractivity contribution < 1.29 is 9.53 Å². The van der Waals surface area contributed by atoms with E-state index in [1.807, 2.05) is 51.3 Å². The van der Waals surface area contributed by atoms with E-state index >= 15 is 0 Å². The van der Waals surface area contributed by atoms with Crippen LogP contribution in [-0.4, -0.2) is 24.0 Å². The van der Waals surface area contributed by atoms with Gasteiger partial charge in [0.25, 0.3) is 0 Å². The van der Waals surface area contributed by atoms with Gasteiger partial charge in [-0.2, -0.15) is 0 Å². The molecule has 0 atom stereocenters. The summed E-state index contributed by atoms with van der Waals surface area (Å²) < 4.78 is 4.94. The standard InChI is InChI=1S/C15H15NO.C5H12O/c1-2-12-9-14-10-13(5-3-4-8-17)6-7-15(14)16-11-12;1-5(2,3)6-4/h3,5-11H,2,4H2,1H3;1-4H3/b5-3+;. The van der Waals surface area contributed by atoms with Crippen LogP contribution < -0.4 is 0 Å². The molecule has 0 saturated heterocycles. The fourth-order valence-electron chi connectivity index (χ4n) is 1.75. The van der Waals surface area contributed by atoms with Crippen LogP contribution >= 0.6 is 0 Å². The van der Waals surface area contributed by atoms with E-state index in [2.05, 4.69) is 24.0 Å². The number of ether oxygens (including phenoxy) is 1. The van der Waals surface area contributed by atoms with E-state index in [9.17, 15) is 4.79 Å². The number of nitrogens with zero attached hydrogens (tertiary/aromatic N) is 1. The van der Waals surface area contributed by atoms with Crippen LogP contribution in [0.15, 0.2) is 36.5 Å². The van der Waals surface area contributed by atoms with Gasteiger partial charge in [-0.05, 0) is 56.5 Å². The number of methoxy groups -OCH3 is 1. The molecule has 0 unspecified atom stereocenters. The first-order valence-electron chi connectivity index (χ1n) is 7.93. The first kappa shape index (κ1) is 19.0. The normalized spacial score (nSPS) is 11.3. The van der Waals surface area contributed by atoms with E-state index in [1.54, 1.807) is 7.11 Å². The highest BCUT2D eigenvalue weighted by molar-refractivity contribution is 5.81. The zero-order valence-corrected chi connectivity index (χ0v) is 14.8. The molecule has 0 amide bonds. The molecule has 0 bridgehead atoms. The number of carbonyl (C=O) groups is 1. The average Bonchev–Trinajstić information content (AvgIpc) is 2.54. The Kier molecular flexibility index (Phi) is 7.63. The molecule has 0 saturated carbocycles. The number of aryl methyl sites for hydroxylation is 1. The van der Waals surface area contributed by atoms with Gasteiger partial charge in [-0.1, -0.05) is 25.1 Å². The predicted molar refractivity (Wildman–Crippen MR) is 97.6 cm³/mol. The molecule has 1 aromatic heterocycles. The van der Waals surface area contributed by atoms with Crippen molar-refractivity contribution in [1.29, 1.82) is 0 Å². The Balaban J connectivity index is 0.000000379. The van der Waals surface area contributed by atoms with E-state index < -0.39 is 0 Å². The molecule has 0 N–H and O–H groups in total. The Morgan fingerprint density at radius 1 is 1.22 bits per heavy atom. The van der Waals surface area contributed by atoms with E-state index in [4.69, 9.17) is 4.74 Å². The molecule has 1 aromatic carbocycles. The molecule has 0 spiro atoms.